The molecule has 1 heterocycles. The Bertz CT molecular complexity index is 1180. The predicted molar refractivity (Wildman–Crippen MR) is 121 cm³/mol. The van der Waals surface area contributed by atoms with Gasteiger partial charge in [0.2, 0.25) is 5.91 Å². The number of anilines is 1. The number of aromatic hydroxyl groups is 1. The lowest BCUT2D eigenvalue weighted by atomic mass is 9.94. The van der Waals surface area contributed by atoms with E-state index in [2.05, 4.69) is 10.1 Å². The molecular formula is C25H24N2O5. The fourth-order valence-electron chi connectivity index (χ4n) is 4.08. The van der Waals surface area contributed by atoms with E-state index in [0.717, 1.165) is 10.8 Å². The lowest BCUT2D eigenvalue weighted by Gasteiger charge is -2.31. The molecule has 7 nitrogen and oxygen atoms in total. The number of fused-ring (bicyclic) bond motifs is 1. The number of piperidine rings is 1. The fraction of sp³-hybridized carbons (Fsp3) is 0.240. The first-order chi connectivity index (χ1) is 15.5. The van der Waals surface area contributed by atoms with Crippen LogP contribution in [0.2, 0.25) is 0 Å². The molecule has 0 unspecified atom stereocenters. The van der Waals surface area contributed by atoms with Gasteiger partial charge < -0.3 is 20.1 Å². The van der Waals surface area contributed by atoms with Gasteiger partial charge in [0, 0.05) is 24.6 Å². The molecule has 164 valence electrons. The molecule has 0 spiro atoms. The standard InChI is InChI=1S/C25H24N2O5/c1-32-25(31)20-10-5-11-21(22(20)28)26-23(29)17-12-14-27(15-13-17)24(30)19-9-4-7-16-6-2-3-8-18(16)19/h2-11,17,28H,12-15H2,1H3,(H,26,29). The molecule has 32 heavy (non-hydrogen) atoms. The molecule has 1 saturated heterocycles. The van der Waals surface area contributed by atoms with Crippen LogP contribution in [0.3, 0.4) is 0 Å². The summed E-state index contributed by atoms with van der Waals surface area (Å²) in [7, 11) is 1.22. The van der Waals surface area contributed by atoms with E-state index < -0.39 is 5.97 Å². The minimum absolute atomic E-state index is 0.0131. The highest BCUT2D eigenvalue weighted by molar-refractivity contribution is 6.07. The first-order valence-electron chi connectivity index (χ1n) is 10.5. The van der Waals surface area contributed by atoms with Crippen molar-refractivity contribution in [2.45, 2.75) is 12.8 Å². The summed E-state index contributed by atoms with van der Waals surface area (Å²) in [4.78, 5) is 39.4. The largest absolute Gasteiger partial charge is 0.505 e. The van der Waals surface area contributed by atoms with Gasteiger partial charge in [0.15, 0.2) is 5.75 Å². The predicted octanol–water partition coefficient (Wildman–Crippen LogP) is 3.82. The van der Waals surface area contributed by atoms with Crippen LogP contribution in [0.4, 0.5) is 5.69 Å². The van der Waals surface area contributed by atoms with E-state index in [1.807, 2.05) is 42.5 Å². The number of hydrogen-bond acceptors (Lipinski definition) is 5. The number of nitrogens with one attached hydrogen (secondary N) is 1. The number of hydrogen-bond donors (Lipinski definition) is 2. The third kappa shape index (κ3) is 4.14. The van der Waals surface area contributed by atoms with Gasteiger partial charge in [-0.25, -0.2) is 4.79 Å². The Morgan fingerprint density at radius 1 is 0.938 bits per heavy atom. The SMILES string of the molecule is COC(=O)c1cccc(NC(=O)C2CCN(C(=O)c3cccc4ccccc34)CC2)c1O. The molecule has 1 aliphatic heterocycles. The van der Waals surface area contributed by atoms with Crippen LogP contribution >= 0.6 is 0 Å². The second kappa shape index (κ2) is 9.09. The van der Waals surface area contributed by atoms with Crippen LogP contribution in [0.5, 0.6) is 5.75 Å². The van der Waals surface area contributed by atoms with Gasteiger partial charge in [-0.05, 0) is 41.8 Å². The van der Waals surface area contributed by atoms with Gasteiger partial charge in [0.25, 0.3) is 5.91 Å². The number of esters is 1. The molecule has 0 radical (unpaired) electrons. The molecule has 0 aliphatic carbocycles. The summed E-state index contributed by atoms with van der Waals surface area (Å²) in [6.07, 6.45) is 1.03. The number of carbonyl (C=O) groups excluding carboxylic acids is 3. The monoisotopic (exact) mass is 432 g/mol. The van der Waals surface area contributed by atoms with E-state index in [1.54, 1.807) is 11.0 Å². The molecule has 2 N–H and O–H groups in total. The molecule has 7 heteroatoms. The van der Waals surface area contributed by atoms with Crippen LogP contribution in [0.25, 0.3) is 10.8 Å². The Morgan fingerprint density at radius 2 is 1.59 bits per heavy atom. The van der Waals surface area contributed by atoms with E-state index in [-0.39, 0.29) is 34.7 Å². The fourth-order valence-corrected chi connectivity index (χ4v) is 4.08. The zero-order chi connectivity index (χ0) is 22.7. The summed E-state index contributed by atoms with van der Waals surface area (Å²) >= 11 is 0. The average molecular weight is 432 g/mol. The molecule has 0 bridgehead atoms. The number of amides is 2. The van der Waals surface area contributed by atoms with E-state index in [1.165, 1.54) is 19.2 Å². The molecule has 4 rings (SSSR count). The van der Waals surface area contributed by atoms with Crippen molar-refractivity contribution in [2.24, 2.45) is 5.92 Å². The van der Waals surface area contributed by atoms with E-state index in [0.29, 0.717) is 31.5 Å². The number of phenolic OH excluding ortho intramolecular Hbond substituents is 1. The highest BCUT2D eigenvalue weighted by Gasteiger charge is 2.29. The van der Waals surface area contributed by atoms with Gasteiger partial charge in [-0.15, -0.1) is 0 Å². The van der Waals surface area contributed by atoms with Crippen LogP contribution < -0.4 is 5.32 Å². The minimum atomic E-state index is -0.682. The maximum Gasteiger partial charge on any atom is 0.341 e. The molecule has 3 aromatic rings. The van der Waals surface area contributed by atoms with Gasteiger partial charge in [-0.3, -0.25) is 9.59 Å². The van der Waals surface area contributed by atoms with Crippen molar-refractivity contribution in [3.63, 3.8) is 0 Å². The highest BCUT2D eigenvalue weighted by Crippen LogP contribution is 2.30. The maximum atomic E-state index is 13.1. The lowest BCUT2D eigenvalue weighted by Crippen LogP contribution is -2.41. The molecule has 2 amide bonds. The topological polar surface area (TPSA) is 95.9 Å². The van der Waals surface area contributed by atoms with E-state index in [9.17, 15) is 19.5 Å². The molecule has 1 fully saturated rings. The number of phenols is 1. The van der Waals surface area contributed by atoms with Gasteiger partial charge in [0.05, 0.1) is 12.8 Å². The number of carbonyl (C=O) groups is 3. The van der Waals surface area contributed by atoms with Crippen molar-refractivity contribution in [1.29, 1.82) is 0 Å². The van der Waals surface area contributed by atoms with Gasteiger partial charge in [-0.1, -0.05) is 42.5 Å². The minimum Gasteiger partial charge on any atom is -0.505 e. The Labute approximate surface area is 185 Å². The molecule has 3 aromatic carbocycles. The number of rotatable bonds is 4. The number of nitrogens with zero attached hydrogens (tertiary/aromatic N) is 1. The van der Waals surface area contributed by atoms with Crippen LogP contribution in [0, 0.1) is 5.92 Å². The Balaban J connectivity index is 1.41. The quantitative estimate of drug-likeness (QED) is 0.483. The third-order valence-corrected chi connectivity index (χ3v) is 5.87. The molecular weight excluding hydrogens is 408 g/mol. The van der Waals surface area contributed by atoms with Crippen molar-refractivity contribution in [2.75, 3.05) is 25.5 Å². The number of para-hydroxylation sites is 1. The summed E-state index contributed by atoms with van der Waals surface area (Å²) in [6.45, 7) is 0.933. The zero-order valence-corrected chi connectivity index (χ0v) is 17.7. The van der Waals surface area contributed by atoms with Crippen LogP contribution in [0.1, 0.15) is 33.6 Å². The van der Waals surface area contributed by atoms with Gasteiger partial charge >= 0.3 is 5.97 Å². The Hall–Kier alpha value is -3.87. The smallest absolute Gasteiger partial charge is 0.341 e. The van der Waals surface area contributed by atoms with Gasteiger partial charge in [0.1, 0.15) is 5.56 Å². The second-order valence-electron chi connectivity index (χ2n) is 7.78. The molecule has 0 saturated carbocycles. The van der Waals surface area contributed by atoms with E-state index >= 15 is 0 Å². The highest BCUT2D eigenvalue weighted by atomic mass is 16.5. The van der Waals surface area contributed by atoms with Crippen LogP contribution in [-0.2, 0) is 9.53 Å². The van der Waals surface area contributed by atoms with Crippen LogP contribution in [-0.4, -0.2) is 48.0 Å². The summed E-state index contributed by atoms with van der Waals surface area (Å²) in [5.74, 6) is -1.59. The second-order valence-corrected chi connectivity index (χ2v) is 7.78. The number of likely N-dealkylation sites (tertiary alicyclic amines) is 1. The van der Waals surface area contributed by atoms with Gasteiger partial charge in [-0.2, -0.15) is 0 Å². The summed E-state index contributed by atoms with van der Waals surface area (Å²) in [6, 6.07) is 18.0. The summed E-state index contributed by atoms with van der Waals surface area (Å²) in [5, 5.41) is 14.9. The summed E-state index contributed by atoms with van der Waals surface area (Å²) < 4.78 is 4.64. The first-order valence-corrected chi connectivity index (χ1v) is 10.5. The van der Waals surface area contributed by atoms with E-state index in [4.69, 9.17) is 0 Å². The zero-order valence-electron chi connectivity index (χ0n) is 17.7. The molecule has 0 atom stereocenters. The number of ether oxygens (including phenoxy) is 1. The van der Waals surface area contributed by atoms with Crippen molar-refractivity contribution in [1.82, 2.24) is 4.90 Å². The molecule has 0 aromatic heterocycles. The van der Waals surface area contributed by atoms with Crippen molar-refractivity contribution in [3.05, 3.63) is 71.8 Å². The number of methoxy groups -OCH3 is 1. The Kier molecular flexibility index (Phi) is 6.07. The first kappa shape index (κ1) is 21.4. The van der Waals surface area contributed by atoms with Crippen molar-refractivity contribution in [3.8, 4) is 5.75 Å². The molecule has 1 aliphatic rings. The Morgan fingerprint density at radius 3 is 2.34 bits per heavy atom. The maximum absolute atomic E-state index is 13.1. The normalized spacial score (nSPS) is 14.2. The third-order valence-electron chi connectivity index (χ3n) is 5.87. The lowest BCUT2D eigenvalue weighted by molar-refractivity contribution is -0.121. The summed E-state index contributed by atoms with van der Waals surface area (Å²) in [5.41, 5.74) is 0.809. The van der Waals surface area contributed by atoms with Crippen molar-refractivity contribution >= 4 is 34.2 Å². The van der Waals surface area contributed by atoms with Crippen LogP contribution in [0.15, 0.2) is 60.7 Å². The average Bonchev–Trinajstić information content (AvgIpc) is 2.84. The van der Waals surface area contributed by atoms with Crippen molar-refractivity contribution < 1.29 is 24.2 Å². The number of benzene rings is 3.